The van der Waals surface area contributed by atoms with Crippen molar-refractivity contribution in [3.63, 3.8) is 0 Å². The van der Waals surface area contributed by atoms with Gasteiger partial charge >= 0.3 is 0 Å². The van der Waals surface area contributed by atoms with Gasteiger partial charge in [-0.3, -0.25) is 0 Å². The standard InChI is InChI=1S/C12H15ClN2O/c1-12(2,3)6-10-15-9-5-7(13)4-8(14)11(9)16-10/h4-5H,6,14H2,1-3H3. The van der Waals surface area contributed by atoms with Gasteiger partial charge in [0, 0.05) is 11.4 Å². The normalized spacial score (nSPS) is 12.2. The molecule has 1 aromatic carbocycles. The summed E-state index contributed by atoms with van der Waals surface area (Å²) in [5.74, 6) is 0.705. The van der Waals surface area contributed by atoms with Crippen LogP contribution in [0.1, 0.15) is 26.7 Å². The monoisotopic (exact) mass is 238 g/mol. The minimum Gasteiger partial charge on any atom is -0.438 e. The van der Waals surface area contributed by atoms with Gasteiger partial charge in [0.15, 0.2) is 11.5 Å². The minimum absolute atomic E-state index is 0.138. The van der Waals surface area contributed by atoms with E-state index in [9.17, 15) is 0 Å². The lowest BCUT2D eigenvalue weighted by Gasteiger charge is -2.14. The van der Waals surface area contributed by atoms with Crippen LogP contribution in [0, 0.1) is 5.41 Å². The number of fused-ring (bicyclic) bond motifs is 1. The van der Waals surface area contributed by atoms with Crippen LogP contribution < -0.4 is 5.73 Å². The van der Waals surface area contributed by atoms with Gasteiger partial charge in [0.2, 0.25) is 0 Å². The second-order valence-corrected chi connectivity index (χ2v) is 5.62. The van der Waals surface area contributed by atoms with Gasteiger partial charge in [-0.1, -0.05) is 32.4 Å². The first kappa shape index (κ1) is 11.3. The average Bonchev–Trinajstić information content (AvgIpc) is 2.43. The predicted octanol–water partition coefficient (Wildman–Crippen LogP) is 3.65. The molecule has 2 N–H and O–H groups in total. The molecule has 0 bridgehead atoms. The number of nitrogen functional groups attached to an aromatic ring is 1. The van der Waals surface area contributed by atoms with Crippen LogP contribution in [-0.2, 0) is 6.42 Å². The first-order valence-corrected chi connectivity index (χ1v) is 5.57. The van der Waals surface area contributed by atoms with Crippen molar-refractivity contribution in [3.8, 4) is 0 Å². The molecule has 3 nitrogen and oxygen atoms in total. The molecule has 86 valence electrons. The predicted molar refractivity (Wildman–Crippen MR) is 66.6 cm³/mol. The van der Waals surface area contributed by atoms with E-state index in [-0.39, 0.29) is 5.41 Å². The van der Waals surface area contributed by atoms with Crippen molar-refractivity contribution in [1.29, 1.82) is 0 Å². The summed E-state index contributed by atoms with van der Waals surface area (Å²) in [6.07, 6.45) is 0.777. The van der Waals surface area contributed by atoms with Crippen LogP contribution in [0.2, 0.25) is 5.02 Å². The number of benzene rings is 1. The van der Waals surface area contributed by atoms with E-state index in [0.717, 1.165) is 11.9 Å². The van der Waals surface area contributed by atoms with Crippen LogP contribution in [0.5, 0.6) is 0 Å². The molecular formula is C12H15ClN2O. The van der Waals surface area contributed by atoms with E-state index in [1.54, 1.807) is 12.1 Å². The van der Waals surface area contributed by atoms with Gasteiger partial charge in [-0.2, -0.15) is 0 Å². The fourth-order valence-corrected chi connectivity index (χ4v) is 1.82. The summed E-state index contributed by atoms with van der Waals surface area (Å²) in [6, 6.07) is 3.44. The molecule has 0 saturated carbocycles. The molecule has 0 saturated heterocycles. The lowest BCUT2D eigenvalue weighted by molar-refractivity contribution is 0.362. The van der Waals surface area contributed by atoms with Gasteiger partial charge in [0.1, 0.15) is 5.52 Å². The summed E-state index contributed by atoms with van der Waals surface area (Å²) in [6.45, 7) is 6.41. The fraction of sp³-hybridized carbons (Fsp3) is 0.417. The zero-order valence-electron chi connectivity index (χ0n) is 9.67. The number of hydrogen-bond donors (Lipinski definition) is 1. The topological polar surface area (TPSA) is 52.0 Å². The van der Waals surface area contributed by atoms with Crippen LogP contribution in [0.25, 0.3) is 11.1 Å². The Morgan fingerprint density at radius 2 is 2.06 bits per heavy atom. The molecule has 2 aromatic rings. The van der Waals surface area contributed by atoms with Gasteiger partial charge < -0.3 is 10.2 Å². The molecule has 4 heteroatoms. The van der Waals surface area contributed by atoms with Gasteiger partial charge in [0.25, 0.3) is 0 Å². The van der Waals surface area contributed by atoms with E-state index < -0.39 is 0 Å². The average molecular weight is 239 g/mol. The highest BCUT2D eigenvalue weighted by molar-refractivity contribution is 6.31. The molecule has 1 aromatic heterocycles. The number of anilines is 1. The van der Waals surface area contributed by atoms with Crippen molar-refractivity contribution >= 4 is 28.4 Å². The van der Waals surface area contributed by atoms with Gasteiger partial charge in [0.05, 0.1) is 5.69 Å². The number of hydrogen-bond acceptors (Lipinski definition) is 3. The summed E-state index contributed by atoms with van der Waals surface area (Å²) >= 11 is 5.90. The summed E-state index contributed by atoms with van der Waals surface area (Å²) in [4.78, 5) is 4.39. The second-order valence-electron chi connectivity index (χ2n) is 5.19. The van der Waals surface area contributed by atoms with Crippen molar-refractivity contribution in [1.82, 2.24) is 4.98 Å². The summed E-state index contributed by atoms with van der Waals surface area (Å²) in [5, 5.41) is 0.584. The number of rotatable bonds is 1. The molecule has 0 aliphatic rings. The van der Waals surface area contributed by atoms with Crippen LogP contribution in [-0.4, -0.2) is 4.98 Å². The Kier molecular flexibility index (Phi) is 2.58. The fourth-order valence-electron chi connectivity index (χ4n) is 1.60. The Morgan fingerprint density at radius 3 is 2.69 bits per heavy atom. The highest BCUT2D eigenvalue weighted by Gasteiger charge is 2.17. The van der Waals surface area contributed by atoms with E-state index >= 15 is 0 Å². The lowest BCUT2D eigenvalue weighted by atomic mass is 9.92. The van der Waals surface area contributed by atoms with Crippen LogP contribution in [0.4, 0.5) is 5.69 Å². The summed E-state index contributed by atoms with van der Waals surface area (Å²) < 4.78 is 5.64. The molecule has 0 amide bonds. The molecule has 0 atom stereocenters. The second kappa shape index (κ2) is 3.67. The Labute approximate surface area is 99.6 Å². The molecule has 0 radical (unpaired) electrons. The van der Waals surface area contributed by atoms with Crippen molar-refractivity contribution in [2.24, 2.45) is 5.41 Å². The van der Waals surface area contributed by atoms with Crippen molar-refractivity contribution < 1.29 is 4.42 Å². The Bertz CT molecular complexity index is 526. The molecule has 16 heavy (non-hydrogen) atoms. The highest BCUT2D eigenvalue weighted by atomic mass is 35.5. The molecule has 0 spiro atoms. The Hall–Kier alpha value is -1.22. The molecule has 2 rings (SSSR count). The van der Waals surface area contributed by atoms with Crippen molar-refractivity contribution in [2.45, 2.75) is 27.2 Å². The van der Waals surface area contributed by atoms with E-state index in [0.29, 0.717) is 22.2 Å². The van der Waals surface area contributed by atoms with Gasteiger partial charge in [-0.05, 0) is 17.5 Å². The molecule has 0 fully saturated rings. The minimum atomic E-state index is 0.138. The van der Waals surface area contributed by atoms with Crippen molar-refractivity contribution in [2.75, 3.05) is 5.73 Å². The number of nitrogens with two attached hydrogens (primary N) is 1. The molecule has 0 aliphatic carbocycles. The third-order valence-corrected chi connectivity index (χ3v) is 2.43. The zero-order chi connectivity index (χ0) is 11.9. The lowest BCUT2D eigenvalue weighted by Crippen LogP contribution is -2.09. The summed E-state index contributed by atoms with van der Waals surface area (Å²) in [7, 11) is 0. The number of oxazole rings is 1. The Balaban J connectivity index is 2.48. The largest absolute Gasteiger partial charge is 0.438 e. The van der Waals surface area contributed by atoms with E-state index in [1.807, 2.05) is 0 Å². The first-order valence-electron chi connectivity index (χ1n) is 5.19. The number of nitrogens with zero attached hydrogens (tertiary/aromatic N) is 1. The SMILES string of the molecule is CC(C)(C)Cc1nc2cc(Cl)cc(N)c2o1. The highest BCUT2D eigenvalue weighted by Crippen LogP contribution is 2.29. The summed E-state index contributed by atoms with van der Waals surface area (Å²) in [5.41, 5.74) is 7.85. The van der Waals surface area contributed by atoms with Gasteiger partial charge in [-0.15, -0.1) is 0 Å². The van der Waals surface area contributed by atoms with Crippen LogP contribution in [0.15, 0.2) is 16.5 Å². The number of halogens is 1. The van der Waals surface area contributed by atoms with Crippen LogP contribution in [0.3, 0.4) is 0 Å². The molecule has 1 heterocycles. The maximum atomic E-state index is 5.90. The smallest absolute Gasteiger partial charge is 0.196 e. The van der Waals surface area contributed by atoms with Crippen molar-refractivity contribution in [3.05, 3.63) is 23.0 Å². The third kappa shape index (κ3) is 2.30. The zero-order valence-corrected chi connectivity index (χ0v) is 10.4. The quantitative estimate of drug-likeness (QED) is 0.772. The van der Waals surface area contributed by atoms with E-state index in [2.05, 4.69) is 25.8 Å². The first-order chi connectivity index (χ1) is 7.35. The Morgan fingerprint density at radius 1 is 1.38 bits per heavy atom. The van der Waals surface area contributed by atoms with E-state index in [4.69, 9.17) is 21.8 Å². The number of aromatic nitrogens is 1. The van der Waals surface area contributed by atoms with E-state index in [1.165, 1.54) is 0 Å². The molecule has 0 aliphatic heterocycles. The maximum Gasteiger partial charge on any atom is 0.196 e. The molecular weight excluding hydrogens is 224 g/mol. The third-order valence-electron chi connectivity index (χ3n) is 2.21. The van der Waals surface area contributed by atoms with Gasteiger partial charge in [-0.25, -0.2) is 4.98 Å². The van der Waals surface area contributed by atoms with Crippen LogP contribution >= 0.6 is 11.6 Å². The maximum absolute atomic E-state index is 5.90. The molecule has 0 unspecified atom stereocenters.